The molecule has 0 fully saturated rings. The van der Waals surface area contributed by atoms with Crippen molar-refractivity contribution in [3.63, 3.8) is 0 Å². The van der Waals surface area contributed by atoms with Crippen molar-refractivity contribution in [3.05, 3.63) is 53.3 Å². The number of hydrogen-bond donors (Lipinski definition) is 1. The molecule has 3 rings (SSSR count). The van der Waals surface area contributed by atoms with Crippen LogP contribution in [0.2, 0.25) is 5.02 Å². The van der Waals surface area contributed by atoms with E-state index in [1.54, 1.807) is 0 Å². The second kappa shape index (κ2) is 8.59. The number of rotatable bonds is 6. The van der Waals surface area contributed by atoms with E-state index in [4.69, 9.17) is 16.3 Å². The Hall–Kier alpha value is -2.31. The molecule has 144 valence electrons. The van der Waals surface area contributed by atoms with Crippen molar-refractivity contribution in [1.82, 2.24) is 4.90 Å². The van der Waals surface area contributed by atoms with Crippen LogP contribution < -0.4 is 15.0 Å². The number of carbonyl (C=O) groups excluding carboxylic acids is 1. The monoisotopic (exact) mass is 391 g/mol. The zero-order valence-corrected chi connectivity index (χ0v) is 16.2. The Bertz CT molecular complexity index is 818. The van der Waals surface area contributed by atoms with E-state index in [1.165, 1.54) is 18.2 Å². The number of nitrogens with zero attached hydrogens (tertiary/aromatic N) is 2. The van der Waals surface area contributed by atoms with Crippen LogP contribution >= 0.6 is 11.6 Å². The number of nitrogens with one attached hydrogen (secondary N) is 1. The van der Waals surface area contributed by atoms with Crippen molar-refractivity contribution in [1.29, 1.82) is 0 Å². The van der Waals surface area contributed by atoms with Gasteiger partial charge >= 0.3 is 0 Å². The summed E-state index contributed by atoms with van der Waals surface area (Å²) in [4.78, 5) is 16.4. The van der Waals surface area contributed by atoms with E-state index in [2.05, 4.69) is 17.1 Å². The van der Waals surface area contributed by atoms with Crippen LogP contribution in [0.4, 0.5) is 15.8 Å². The summed E-state index contributed by atoms with van der Waals surface area (Å²) in [5.41, 5.74) is 1.22. The van der Waals surface area contributed by atoms with Gasteiger partial charge in [-0.25, -0.2) is 4.39 Å². The number of ether oxygens (including phenoxy) is 1. The van der Waals surface area contributed by atoms with Gasteiger partial charge in [0.05, 0.1) is 24.5 Å². The maximum absolute atomic E-state index is 13.8. The molecule has 0 aliphatic carbocycles. The third kappa shape index (κ3) is 4.90. The standard InChI is InChI=1S/C20H23ClFN3O2/c1-3-25-12-15(27-19-7-5-4-6-18(19)25)11-24(2)13-20(26)23-17-9-8-14(21)10-16(17)22/h4-10,15H,3,11-13H2,1-2H3,(H,23,26). The molecule has 1 aliphatic heterocycles. The Morgan fingerprint density at radius 2 is 2.15 bits per heavy atom. The molecule has 0 saturated heterocycles. The van der Waals surface area contributed by atoms with Crippen LogP contribution in [0, 0.1) is 5.82 Å². The number of carbonyl (C=O) groups is 1. The van der Waals surface area contributed by atoms with Gasteiger partial charge in [0.25, 0.3) is 0 Å². The molecule has 0 spiro atoms. The van der Waals surface area contributed by atoms with Gasteiger partial charge < -0.3 is 15.0 Å². The molecule has 1 unspecified atom stereocenters. The Kier molecular flexibility index (Phi) is 6.19. The lowest BCUT2D eigenvalue weighted by molar-refractivity contribution is -0.117. The minimum absolute atomic E-state index is 0.0510. The molecule has 1 heterocycles. The zero-order valence-electron chi connectivity index (χ0n) is 15.4. The van der Waals surface area contributed by atoms with Crippen LogP contribution in [0.25, 0.3) is 0 Å². The highest BCUT2D eigenvalue weighted by Gasteiger charge is 2.25. The number of benzene rings is 2. The van der Waals surface area contributed by atoms with Crippen LogP contribution in [0.1, 0.15) is 6.92 Å². The lowest BCUT2D eigenvalue weighted by Crippen LogP contribution is -2.46. The van der Waals surface area contributed by atoms with Crippen LogP contribution in [0.5, 0.6) is 5.75 Å². The summed E-state index contributed by atoms with van der Waals surface area (Å²) < 4.78 is 19.9. The summed E-state index contributed by atoms with van der Waals surface area (Å²) in [5.74, 6) is 0.0169. The fraction of sp³-hybridized carbons (Fsp3) is 0.350. The summed E-state index contributed by atoms with van der Waals surface area (Å²) in [5, 5.41) is 2.87. The van der Waals surface area contributed by atoms with E-state index in [-0.39, 0.29) is 29.3 Å². The van der Waals surface area contributed by atoms with Gasteiger partial charge in [-0.1, -0.05) is 23.7 Å². The number of halogens is 2. The predicted octanol–water partition coefficient (Wildman–Crippen LogP) is 3.64. The van der Waals surface area contributed by atoms with E-state index in [0.29, 0.717) is 6.54 Å². The maximum Gasteiger partial charge on any atom is 0.238 e. The fourth-order valence-electron chi connectivity index (χ4n) is 3.21. The first-order valence-electron chi connectivity index (χ1n) is 8.90. The predicted molar refractivity (Wildman–Crippen MR) is 106 cm³/mol. The number of anilines is 2. The number of likely N-dealkylation sites (N-methyl/N-ethyl adjacent to an activating group) is 2. The molecule has 1 amide bonds. The number of fused-ring (bicyclic) bond motifs is 1. The van der Waals surface area contributed by atoms with Crippen LogP contribution in [-0.2, 0) is 4.79 Å². The number of amides is 1. The first-order valence-corrected chi connectivity index (χ1v) is 9.28. The third-order valence-corrected chi connectivity index (χ3v) is 4.67. The molecule has 2 aromatic rings. The van der Waals surface area contributed by atoms with Gasteiger partial charge in [-0.3, -0.25) is 9.69 Å². The van der Waals surface area contributed by atoms with Crippen molar-refractivity contribution >= 4 is 28.9 Å². The minimum atomic E-state index is -0.552. The van der Waals surface area contributed by atoms with Crippen LogP contribution in [-0.4, -0.2) is 50.1 Å². The second-order valence-electron chi connectivity index (χ2n) is 6.62. The third-order valence-electron chi connectivity index (χ3n) is 4.44. The van der Waals surface area contributed by atoms with Gasteiger partial charge in [0.1, 0.15) is 17.7 Å². The fourth-order valence-corrected chi connectivity index (χ4v) is 3.37. The summed E-state index contributed by atoms with van der Waals surface area (Å²) >= 11 is 5.73. The Balaban J connectivity index is 1.56. The number of para-hydroxylation sites is 2. The molecular formula is C20H23ClFN3O2. The molecule has 1 aliphatic rings. The highest BCUT2D eigenvalue weighted by atomic mass is 35.5. The molecule has 1 N–H and O–H groups in total. The van der Waals surface area contributed by atoms with E-state index >= 15 is 0 Å². The lowest BCUT2D eigenvalue weighted by Gasteiger charge is -2.37. The van der Waals surface area contributed by atoms with E-state index in [1.807, 2.05) is 36.2 Å². The van der Waals surface area contributed by atoms with E-state index < -0.39 is 5.82 Å². The first kappa shape index (κ1) is 19.5. The second-order valence-corrected chi connectivity index (χ2v) is 7.05. The van der Waals surface area contributed by atoms with Gasteiger partial charge in [0.15, 0.2) is 0 Å². The van der Waals surface area contributed by atoms with Crippen molar-refractivity contribution in [3.8, 4) is 5.75 Å². The molecule has 5 nitrogen and oxygen atoms in total. The van der Waals surface area contributed by atoms with E-state index in [0.717, 1.165) is 24.5 Å². The lowest BCUT2D eigenvalue weighted by atomic mass is 10.2. The van der Waals surface area contributed by atoms with Crippen molar-refractivity contribution in [2.45, 2.75) is 13.0 Å². The first-order chi connectivity index (χ1) is 13.0. The molecule has 0 bridgehead atoms. The Labute approximate surface area is 163 Å². The molecule has 2 aromatic carbocycles. The molecule has 7 heteroatoms. The molecule has 1 atom stereocenters. The minimum Gasteiger partial charge on any atom is -0.485 e. The van der Waals surface area contributed by atoms with Crippen molar-refractivity contribution in [2.75, 3.05) is 43.4 Å². The molecule has 0 saturated carbocycles. The highest BCUT2D eigenvalue weighted by molar-refractivity contribution is 6.30. The maximum atomic E-state index is 13.8. The quantitative estimate of drug-likeness (QED) is 0.816. The smallest absolute Gasteiger partial charge is 0.238 e. The average molecular weight is 392 g/mol. The van der Waals surface area contributed by atoms with Gasteiger partial charge in [0, 0.05) is 18.1 Å². The topological polar surface area (TPSA) is 44.8 Å². The normalized spacial score (nSPS) is 16.0. The average Bonchev–Trinajstić information content (AvgIpc) is 2.63. The van der Waals surface area contributed by atoms with Gasteiger partial charge in [-0.05, 0) is 44.3 Å². The summed E-state index contributed by atoms with van der Waals surface area (Å²) in [7, 11) is 1.85. The summed E-state index contributed by atoms with van der Waals surface area (Å²) in [6.45, 7) is 4.47. The Morgan fingerprint density at radius 1 is 1.37 bits per heavy atom. The molecule has 0 radical (unpaired) electrons. The zero-order chi connectivity index (χ0) is 19.4. The van der Waals surface area contributed by atoms with E-state index in [9.17, 15) is 9.18 Å². The Morgan fingerprint density at radius 3 is 2.89 bits per heavy atom. The van der Waals surface area contributed by atoms with Crippen molar-refractivity contribution < 1.29 is 13.9 Å². The molecule has 27 heavy (non-hydrogen) atoms. The van der Waals surface area contributed by atoms with Gasteiger partial charge in [0.2, 0.25) is 5.91 Å². The number of hydrogen-bond acceptors (Lipinski definition) is 4. The summed E-state index contributed by atoms with van der Waals surface area (Å²) in [6, 6.07) is 12.1. The SMILES string of the molecule is CCN1CC(CN(C)CC(=O)Nc2ccc(Cl)cc2F)Oc2ccccc21. The molecular weight excluding hydrogens is 369 g/mol. The van der Waals surface area contributed by atoms with Crippen molar-refractivity contribution in [2.24, 2.45) is 0 Å². The van der Waals surface area contributed by atoms with Gasteiger partial charge in [-0.15, -0.1) is 0 Å². The van der Waals surface area contributed by atoms with Crippen LogP contribution in [0.3, 0.4) is 0 Å². The highest BCUT2D eigenvalue weighted by Crippen LogP contribution is 2.32. The largest absolute Gasteiger partial charge is 0.485 e. The van der Waals surface area contributed by atoms with Crippen LogP contribution in [0.15, 0.2) is 42.5 Å². The molecule has 0 aromatic heterocycles. The summed E-state index contributed by atoms with van der Waals surface area (Å²) in [6.07, 6.45) is -0.0510. The van der Waals surface area contributed by atoms with Gasteiger partial charge in [-0.2, -0.15) is 0 Å².